The monoisotopic (exact) mass is 300 g/mol. The summed E-state index contributed by atoms with van der Waals surface area (Å²) < 4.78 is 5.12. The predicted octanol–water partition coefficient (Wildman–Crippen LogP) is 3.01. The molecule has 1 aromatic carbocycles. The van der Waals surface area contributed by atoms with Crippen LogP contribution in [0.2, 0.25) is 0 Å². The molecule has 0 spiro atoms. The van der Waals surface area contributed by atoms with Gasteiger partial charge in [-0.3, -0.25) is 4.90 Å². The number of benzene rings is 1. The smallest absolute Gasteiger partial charge is 0.409 e. The van der Waals surface area contributed by atoms with Crippen molar-refractivity contribution in [3.05, 3.63) is 41.5 Å². The van der Waals surface area contributed by atoms with Gasteiger partial charge in [0.25, 0.3) is 0 Å². The second-order valence-corrected chi connectivity index (χ2v) is 6.02. The highest BCUT2D eigenvalue weighted by Crippen LogP contribution is 2.26. The Labute approximate surface area is 132 Å². The molecule has 1 unspecified atom stereocenters. The zero-order chi connectivity index (χ0) is 15.4. The van der Waals surface area contributed by atoms with E-state index in [1.54, 1.807) is 0 Å². The number of ether oxygens (including phenoxy) is 1. The highest BCUT2D eigenvalue weighted by atomic mass is 16.6. The Hall–Kier alpha value is -1.81. The number of amides is 1. The van der Waals surface area contributed by atoms with Gasteiger partial charge >= 0.3 is 6.09 Å². The van der Waals surface area contributed by atoms with Gasteiger partial charge < -0.3 is 9.64 Å². The third-order valence-electron chi connectivity index (χ3n) is 4.51. The third kappa shape index (κ3) is 3.50. The zero-order valence-electron chi connectivity index (χ0n) is 13.2. The largest absolute Gasteiger partial charge is 0.450 e. The van der Waals surface area contributed by atoms with Gasteiger partial charge in [0.05, 0.1) is 6.61 Å². The van der Waals surface area contributed by atoms with Crippen LogP contribution in [0.15, 0.2) is 35.9 Å². The molecule has 0 N–H and O–H groups in total. The summed E-state index contributed by atoms with van der Waals surface area (Å²) >= 11 is 0. The van der Waals surface area contributed by atoms with Crippen LogP contribution in [0.5, 0.6) is 0 Å². The molecule has 3 rings (SSSR count). The molecule has 2 saturated heterocycles. The normalized spacial score (nSPS) is 24.1. The molecule has 4 heteroatoms. The number of carbonyl (C=O) groups excluding carboxylic acids is 1. The third-order valence-corrected chi connectivity index (χ3v) is 4.51. The van der Waals surface area contributed by atoms with Crippen molar-refractivity contribution in [3.8, 4) is 0 Å². The standard InChI is InChI=1S/C18H24N2O2/c1-2-22-18(21)20-11-10-19-13-16(8-9-17(19)14-20)12-15-6-4-3-5-7-15/h3-7,12,17H,2,8-11,13-14H2,1H3/b16-12-. The fourth-order valence-electron chi connectivity index (χ4n) is 3.35. The molecule has 2 heterocycles. The van der Waals surface area contributed by atoms with Gasteiger partial charge in [-0.1, -0.05) is 42.0 Å². The number of hydrogen-bond donors (Lipinski definition) is 0. The van der Waals surface area contributed by atoms with Crippen molar-refractivity contribution in [1.82, 2.24) is 9.80 Å². The van der Waals surface area contributed by atoms with Crippen LogP contribution < -0.4 is 0 Å². The number of piperidine rings is 1. The Morgan fingerprint density at radius 1 is 1.32 bits per heavy atom. The number of carbonyl (C=O) groups is 1. The van der Waals surface area contributed by atoms with E-state index in [4.69, 9.17) is 4.74 Å². The van der Waals surface area contributed by atoms with Gasteiger partial charge in [0.1, 0.15) is 0 Å². The van der Waals surface area contributed by atoms with Crippen molar-refractivity contribution in [3.63, 3.8) is 0 Å². The van der Waals surface area contributed by atoms with Crippen molar-refractivity contribution in [2.75, 3.05) is 32.8 Å². The average molecular weight is 300 g/mol. The summed E-state index contributed by atoms with van der Waals surface area (Å²) in [7, 11) is 0. The molecule has 0 aromatic heterocycles. The van der Waals surface area contributed by atoms with Crippen LogP contribution >= 0.6 is 0 Å². The van der Waals surface area contributed by atoms with E-state index in [0.29, 0.717) is 12.6 Å². The summed E-state index contributed by atoms with van der Waals surface area (Å²) in [4.78, 5) is 16.2. The van der Waals surface area contributed by atoms with Gasteiger partial charge in [0.15, 0.2) is 0 Å². The van der Waals surface area contributed by atoms with Crippen LogP contribution in [0.25, 0.3) is 6.08 Å². The maximum absolute atomic E-state index is 11.9. The Morgan fingerprint density at radius 2 is 2.14 bits per heavy atom. The van der Waals surface area contributed by atoms with Crippen molar-refractivity contribution in [2.24, 2.45) is 0 Å². The molecule has 1 atom stereocenters. The number of nitrogens with zero attached hydrogens (tertiary/aromatic N) is 2. The molecule has 0 aliphatic carbocycles. The molecule has 1 aromatic rings. The van der Waals surface area contributed by atoms with E-state index in [-0.39, 0.29) is 6.09 Å². The second kappa shape index (κ2) is 6.97. The summed E-state index contributed by atoms with van der Waals surface area (Å²) in [6.07, 6.45) is 4.39. The van der Waals surface area contributed by atoms with Crippen molar-refractivity contribution >= 4 is 12.2 Å². The van der Waals surface area contributed by atoms with Gasteiger partial charge in [-0.2, -0.15) is 0 Å². The Bertz CT molecular complexity index is 541. The van der Waals surface area contributed by atoms with Crippen molar-refractivity contribution < 1.29 is 9.53 Å². The number of piperazine rings is 1. The summed E-state index contributed by atoms with van der Waals surface area (Å²) in [5.74, 6) is 0. The molecule has 0 saturated carbocycles. The van der Waals surface area contributed by atoms with E-state index in [1.807, 2.05) is 17.9 Å². The van der Waals surface area contributed by atoms with Crippen LogP contribution in [0.3, 0.4) is 0 Å². The van der Waals surface area contributed by atoms with E-state index in [1.165, 1.54) is 11.1 Å². The molecule has 118 valence electrons. The Kier molecular flexibility index (Phi) is 4.78. The lowest BCUT2D eigenvalue weighted by atomic mass is 9.94. The Balaban J connectivity index is 1.60. The van der Waals surface area contributed by atoms with Crippen LogP contribution in [0.1, 0.15) is 25.3 Å². The van der Waals surface area contributed by atoms with Gasteiger partial charge in [-0.25, -0.2) is 4.79 Å². The predicted molar refractivity (Wildman–Crippen MR) is 87.6 cm³/mol. The molecule has 4 nitrogen and oxygen atoms in total. The maximum atomic E-state index is 11.9. The topological polar surface area (TPSA) is 32.8 Å². The summed E-state index contributed by atoms with van der Waals surface area (Å²) in [5.41, 5.74) is 2.77. The lowest BCUT2D eigenvalue weighted by molar-refractivity contribution is 0.0471. The second-order valence-electron chi connectivity index (χ2n) is 6.02. The number of hydrogen-bond acceptors (Lipinski definition) is 3. The highest BCUT2D eigenvalue weighted by molar-refractivity contribution is 5.67. The lowest BCUT2D eigenvalue weighted by Gasteiger charge is -2.44. The molecule has 1 amide bonds. The maximum Gasteiger partial charge on any atom is 0.409 e. The van der Waals surface area contributed by atoms with E-state index < -0.39 is 0 Å². The molecular formula is C18H24N2O2. The van der Waals surface area contributed by atoms with Crippen LogP contribution in [-0.4, -0.2) is 54.7 Å². The van der Waals surface area contributed by atoms with E-state index in [0.717, 1.165) is 39.0 Å². The van der Waals surface area contributed by atoms with Crippen molar-refractivity contribution in [1.29, 1.82) is 0 Å². The summed E-state index contributed by atoms with van der Waals surface area (Å²) in [5, 5.41) is 0. The minimum atomic E-state index is -0.159. The SMILES string of the molecule is CCOC(=O)N1CCN2C/C(=C\c3ccccc3)CCC2C1. The van der Waals surface area contributed by atoms with E-state index in [2.05, 4.69) is 35.2 Å². The van der Waals surface area contributed by atoms with Crippen LogP contribution in [0, 0.1) is 0 Å². The molecule has 2 aliphatic rings. The summed E-state index contributed by atoms with van der Waals surface area (Å²) in [6.45, 7) is 5.85. The molecule has 22 heavy (non-hydrogen) atoms. The van der Waals surface area contributed by atoms with Crippen LogP contribution in [-0.2, 0) is 4.74 Å². The van der Waals surface area contributed by atoms with Gasteiger partial charge in [0, 0.05) is 32.2 Å². The first kappa shape index (κ1) is 15.1. The van der Waals surface area contributed by atoms with Crippen molar-refractivity contribution in [2.45, 2.75) is 25.8 Å². The fourth-order valence-corrected chi connectivity index (χ4v) is 3.35. The highest BCUT2D eigenvalue weighted by Gasteiger charge is 2.32. The summed E-state index contributed by atoms with van der Waals surface area (Å²) in [6, 6.07) is 11.0. The first-order valence-electron chi connectivity index (χ1n) is 8.16. The Morgan fingerprint density at radius 3 is 2.91 bits per heavy atom. The first-order chi connectivity index (χ1) is 10.8. The number of fused-ring (bicyclic) bond motifs is 1. The quantitative estimate of drug-likeness (QED) is 0.841. The first-order valence-corrected chi connectivity index (χ1v) is 8.16. The molecule has 0 bridgehead atoms. The molecular weight excluding hydrogens is 276 g/mol. The molecule has 2 aliphatic heterocycles. The van der Waals surface area contributed by atoms with Gasteiger partial charge in [0.2, 0.25) is 0 Å². The minimum absolute atomic E-state index is 0.159. The van der Waals surface area contributed by atoms with E-state index in [9.17, 15) is 4.79 Å². The van der Waals surface area contributed by atoms with Gasteiger partial charge in [-0.15, -0.1) is 0 Å². The zero-order valence-corrected chi connectivity index (χ0v) is 13.2. The number of rotatable bonds is 2. The fraction of sp³-hybridized carbons (Fsp3) is 0.500. The molecule has 2 fully saturated rings. The molecule has 0 radical (unpaired) electrons. The lowest BCUT2D eigenvalue weighted by Crippen LogP contribution is -2.56. The van der Waals surface area contributed by atoms with Gasteiger partial charge in [-0.05, 0) is 25.3 Å². The van der Waals surface area contributed by atoms with Crippen LogP contribution in [0.4, 0.5) is 4.79 Å². The average Bonchev–Trinajstić information content (AvgIpc) is 2.55. The minimum Gasteiger partial charge on any atom is -0.450 e. The van der Waals surface area contributed by atoms with E-state index >= 15 is 0 Å².